The Balaban J connectivity index is 1.51. The number of benzene rings is 1. The molecule has 0 radical (unpaired) electrons. The first-order chi connectivity index (χ1) is 12.8. The van der Waals surface area contributed by atoms with Gasteiger partial charge in [-0.25, -0.2) is 9.97 Å². The van der Waals surface area contributed by atoms with E-state index in [2.05, 4.69) is 42.1 Å². The number of aryl methyl sites for hydroxylation is 1. The van der Waals surface area contributed by atoms with Crippen molar-refractivity contribution in [2.45, 2.75) is 39.7 Å². The van der Waals surface area contributed by atoms with Crippen LogP contribution in [-0.2, 0) is 12.0 Å². The Morgan fingerprint density at radius 1 is 1.15 bits per heavy atom. The van der Waals surface area contributed by atoms with Gasteiger partial charge in [-0.05, 0) is 41.7 Å². The molecule has 0 unspecified atom stereocenters. The maximum absolute atomic E-state index is 12.4. The summed E-state index contributed by atoms with van der Waals surface area (Å²) in [6, 6.07) is 9.87. The summed E-state index contributed by atoms with van der Waals surface area (Å²) in [5, 5.41) is 2.83. The molecule has 0 spiro atoms. The second-order valence-electron chi connectivity index (χ2n) is 7.82. The molecule has 1 N–H and O–H groups in total. The summed E-state index contributed by atoms with van der Waals surface area (Å²) in [7, 11) is 0. The van der Waals surface area contributed by atoms with E-state index in [1.807, 2.05) is 41.8 Å². The number of carbonyl (C=O) groups is 1. The van der Waals surface area contributed by atoms with E-state index >= 15 is 0 Å². The van der Waals surface area contributed by atoms with Gasteiger partial charge in [0.15, 0.2) is 5.58 Å². The molecule has 0 fully saturated rings. The van der Waals surface area contributed by atoms with Gasteiger partial charge in [-0.3, -0.25) is 4.79 Å². The highest BCUT2D eigenvalue weighted by Gasteiger charge is 2.16. The number of imidazole rings is 1. The summed E-state index contributed by atoms with van der Waals surface area (Å²) in [5.41, 5.74) is 4.97. The zero-order valence-electron chi connectivity index (χ0n) is 15.9. The smallest absolute Gasteiger partial charge is 0.271 e. The normalized spacial score (nSPS) is 12.0. The van der Waals surface area contributed by atoms with Gasteiger partial charge in [-0.2, -0.15) is 0 Å². The molecule has 0 saturated carbocycles. The van der Waals surface area contributed by atoms with Crippen molar-refractivity contribution in [2.24, 2.45) is 0 Å². The third kappa shape index (κ3) is 3.43. The van der Waals surface area contributed by atoms with Crippen LogP contribution in [0.15, 0.2) is 47.1 Å². The molecule has 6 nitrogen and oxygen atoms in total. The van der Waals surface area contributed by atoms with Crippen molar-refractivity contribution < 1.29 is 9.21 Å². The molecule has 27 heavy (non-hydrogen) atoms. The number of hydrogen-bond acceptors (Lipinski definition) is 4. The fourth-order valence-electron chi connectivity index (χ4n) is 2.98. The van der Waals surface area contributed by atoms with Crippen molar-refractivity contribution in [2.75, 3.05) is 0 Å². The lowest BCUT2D eigenvalue weighted by Crippen LogP contribution is -2.23. The van der Waals surface area contributed by atoms with Gasteiger partial charge in [-0.15, -0.1) is 0 Å². The lowest BCUT2D eigenvalue weighted by atomic mass is 9.87. The van der Waals surface area contributed by atoms with E-state index < -0.39 is 0 Å². The highest BCUT2D eigenvalue weighted by molar-refractivity contribution is 5.92. The number of nitrogens with zero attached hydrogens (tertiary/aromatic N) is 3. The van der Waals surface area contributed by atoms with Crippen LogP contribution in [0, 0.1) is 6.92 Å². The minimum atomic E-state index is -0.256. The number of carbonyl (C=O) groups excluding carboxylic acids is 1. The van der Waals surface area contributed by atoms with E-state index in [9.17, 15) is 4.79 Å². The SMILES string of the molecule is Cc1ccc2nc(C(=O)NCc3nc4cc(C(C)(C)C)ccc4o3)cn2c1. The van der Waals surface area contributed by atoms with Crippen LogP contribution in [0.2, 0.25) is 0 Å². The van der Waals surface area contributed by atoms with Crippen molar-refractivity contribution >= 4 is 22.7 Å². The Kier molecular flexibility index (Phi) is 3.98. The summed E-state index contributed by atoms with van der Waals surface area (Å²) in [4.78, 5) is 21.3. The van der Waals surface area contributed by atoms with Gasteiger partial charge in [0.05, 0.1) is 6.54 Å². The molecule has 1 amide bonds. The number of pyridine rings is 1. The van der Waals surface area contributed by atoms with Crippen LogP contribution in [0.5, 0.6) is 0 Å². The number of hydrogen-bond donors (Lipinski definition) is 1. The largest absolute Gasteiger partial charge is 0.439 e. The van der Waals surface area contributed by atoms with Crippen LogP contribution in [0.1, 0.15) is 48.3 Å². The predicted molar refractivity (Wildman–Crippen MR) is 104 cm³/mol. The van der Waals surface area contributed by atoms with Crippen LogP contribution in [0.25, 0.3) is 16.7 Å². The molecule has 3 aromatic heterocycles. The molecule has 138 valence electrons. The molecule has 0 bridgehead atoms. The minimum Gasteiger partial charge on any atom is -0.439 e. The van der Waals surface area contributed by atoms with Crippen molar-refractivity contribution in [3.05, 3.63) is 65.4 Å². The van der Waals surface area contributed by atoms with E-state index in [0.717, 1.165) is 22.3 Å². The molecule has 1 aromatic carbocycles. The molecule has 3 heterocycles. The van der Waals surface area contributed by atoms with Crippen LogP contribution in [0.3, 0.4) is 0 Å². The molecule has 6 heteroatoms. The van der Waals surface area contributed by atoms with E-state index in [0.29, 0.717) is 11.6 Å². The number of aromatic nitrogens is 3. The zero-order chi connectivity index (χ0) is 19.2. The van der Waals surface area contributed by atoms with Gasteiger partial charge in [0.25, 0.3) is 5.91 Å². The van der Waals surface area contributed by atoms with Gasteiger partial charge < -0.3 is 14.1 Å². The molecule has 4 aromatic rings. The summed E-state index contributed by atoms with van der Waals surface area (Å²) in [6.45, 7) is 8.69. The molecular formula is C21H22N4O2. The Bertz CT molecular complexity index is 1150. The van der Waals surface area contributed by atoms with E-state index in [4.69, 9.17) is 4.42 Å². The van der Waals surface area contributed by atoms with Gasteiger partial charge in [0.2, 0.25) is 5.89 Å². The monoisotopic (exact) mass is 362 g/mol. The van der Waals surface area contributed by atoms with Gasteiger partial charge >= 0.3 is 0 Å². The zero-order valence-corrected chi connectivity index (χ0v) is 15.9. The number of oxazole rings is 1. The second-order valence-corrected chi connectivity index (χ2v) is 7.82. The van der Waals surface area contributed by atoms with E-state index in [1.165, 1.54) is 5.56 Å². The van der Waals surface area contributed by atoms with Gasteiger partial charge in [0, 0.05) is 12.4 Å². The number of nitrogens with one attached hydrogen (secondary N) is 1. The van der Waals surface area contributed by atoms with Crippen LogP contribution >= 0.6 is 0 Å². The molecule has 0 atom stereocenters. The summed E-state index contributed by atoms with van der Waals surface area (Å²) in [6.07, 6.45) is 3.66. The van der Waals surface area contributed by atoms with Gasteiger partial charge in [0.1, 0.15) is 16.9 Å². The molecular weight excluding hydrogens is 340 g/mol. The number of amides is 1. The third-order valence-corrected chi connectivity index (χ3v) is 4.53. The number of rotatable bonds is 3. The lowest BCUT2D eigenvalue weighted by molar-refractivity contribution is 0.0943. The Hall–Kier alpha value is -3.15. The third-order valence-electron chi connectivity index (χ3n) is 4.53. The predicted octanol–water partition coefficient (Wildman–Crippen LogP) is 4.01. The summed E-state index contributed by atoms with van der Waals surface area (Å²) >= 11 is 0. The molecule has 0 saturated heterocycles. The van der Waals surface area contributed by atoms with Crippen molar-refractivity contribution in [1.29, 1.82) is 0 Å². The van der Waals surface area contributed by atoms with Gasteiger partial charge in [-0.1, -0.05) is 32.9 Å². The van der Waals surface area contributed by atoms with Crippen LogP contribution in [-0.4, -0.2) is 20.3 Å². The maximum Gasteiger partial charge on any atom is 0.271 e. The van der Waals surface area contributed by atoms with Crippen molar-refractivity contribution in [3.63, 3.8) is 0 Å². The first kappa shape index (κ1) is 17.3. The second kappa shape index (κ2) is 6.23. The fourth-order valence-corrected chi connectivity index (χ4v) is 2.98. The van der Waals surface area contributed by atoms with E-state index in [-0.39, 0.29) is 17.9 Å². The highest BCUT2D eigenvalue weighted by atomic mass is 16.3. The summed E-state index contributed by atoms with van der Waals surface area (Å²) < 4.78 is 7.59. The topological polar surface area (TPSA) is 72.4 Å². The lowest BCUT2D eigenvalue weighted by Gasteiger charge is -2.18. The molecule has 0 aliphatic carbocycles. The van der Waals surface area contributed by atoms with E-state index in [1.54, 1.807) is 6.20 Å². The average molecular weight is 362 g/mol. The Morgan fingerprint density at radius 3 is 2.74 bits per heavy atom. The number of fused-ring (bicyclic) bond motifs is 2. The van der Waals surface area contributed by atoms with Crippen LogP contribution < -0.4 is 5.32 Å². The average Bonchev–Trinajstić information content (AvgIpc) is 3.21. The molecule has 0 aliphatic rings. The Labute approximate surface area is 157 Å². The minimum absolute atomic E-state index is 0.0446. The highest BCUT2D eigenvalue weighted by Crippen LogP contribution is 2.26. The molecule has 4 rings (SSSR count). The fraction of sp³-hybridized carbons (Fsp3) is 0.286. The van der Waals surface area contributed by atoms with Crippen molar-refractivity contribution in [1.82, 2.24) is 19.7 Å². The van der Waals surface area contributed by atoms with Crippen molar-refractivity contribution in [3.8, 4) is 0 Å². The standard InChI is InChI=1S/C21H22N4O2/c1-13-5-8-18-23-16(12-25(18)11-13)20(26)22-10-19-24-15-9-14(21(2,3)4)6-7-17(15)27-19/h5-9,11-12H,10H2,1-4H3,(H,22,26). The first-order valence-electron chi connectivity index (χ1n) is 8.93. The molecule has 0 aliphatic heterocycles. The quantitative estimate of drug-likeness (QED) is 0.598. The Morgan fingerprint density at radius 2 is 1.96 bits per heavy atom. The van der Waals surface area contributed by atoms with Crippen LogP contribution in [0.4, 0.5) is 0 Å². The first-order valence-corrected chi connectivity index (χ1v) is 8.93. The summed E-state index contributed by atoms with van der Waals surface area (Å²) in [5.74, 6) is 0.220. The maximum atomic E-state index is 12.4.